The van der Waals surface area contributed by atoms with Crippen LogP contribution in [0.15, 0.2) is 30.5 Å². The third-order valence-electron chi connectivity index (χ3n) is 3.80. The Bertz CT molecular complexity index is 689. The van der Waals surface area contributed by atoms with Gasteiger partial charge in [-0.1, -0.05) is 0 Å². The van der Waals surface area contributed by atoms with E-state index in [4.69, 9.17) is 9.47 Å². The fourth-order valence-electron chi connectivity index (χ4n) is 2.63. The molecular weight excluding hydrogens is 282 g/mol. The summed E-state index contributed by atoms with van der Waals surface area (Å²) in [5.41, 5.74) is 2.62. The average Bonchev–Trinajstić information content (AvgIpc) is 2.60. The van der Waals surface area contributed by atoms with E-state index in [9.17, 15) is 4.79 Å². The molecule has 0 atom stereocenters. The van der Waals surface area contributed by atoms with Crippen LogP contribution in [0.5, 0.6) is 11.5 Å². The van der Waals surface area contributed by atoms with Crippen molar-refractivity contribution in [3.8, 4) is 11.5 Å². The summed E-state index contributed by atoms with van der Waals surface area (Å²) in [7, 11) is 3.23. The number of nitrogens with zero attached hydrogens (tertiary/aromatic N) is 3. The molecule has 0 bridgehead atoms. The Morgan fingerprint density at radius 3 is 2.55 bits per heavy atom. The number of carbonyl (C=O) groups excluding carboxylic acids is 1. The third kappa shape index (κ3) is 2.59. The second-order valence-electron chi connectivity index (χ2n) is 5.06. The molecule has 1 aromatic carbocycles. The van der Waals surface area contributed by atoms with E-state index in [1.807, 2.05) is 12.1 Å². The van der Waals surface area contributed by atoms with Crippen LogP contribution in [0.2, 0.25) is 0 Å². The van der Waals surface area contributed by atoms with Crippen LogP contribution in [0.3, 0.4) is 0 Å². The van der Waals surface area contributed by atoms with Gasteiger partial charge >= 0.3 is 0 Å². The molecule has 0 unspecified atom stereocenters. The number of aromatic nitrogens is 2. The molecule has 0 radical (unpaired) electrons. The molecule has 6 nitrogen and oxygen atoms in total. The number of amides is 1. The number of rotatable bonds is 3. The maximum Gasteiger partial charge on any atom is 0.274 e. The van der Waals surface area contributed by atoms with E-state index in [0.717, 1.165) is 17.7 Å². The summed E-state index contributed by atoms with van der Waals surface area (Å²) >= 11 is 0. The van der Waals surface area contributed by atoms with Gasteiger partial charge in [0.2, 0.25) is 0 Å². The third-order valence-corrected chi connectivity index (χ3v) is 3.80. The largest absolute Gasteiger partial charge is 0.493 e. The lowest BCUT2D eigenvalue weighted by molar-refractivity contribution is 0.0727. The van der Waals surface area contributed by atoms with Gasteiger partial charge in [-0.3, -0.25) is 4.79 Å². The van der Waals surface area contributed by atoms with E-state index in [0.29, 0.717) is 24.5 Å². The summed E-state index contributed by atoms with van der Waals surface area (Å²) in [5, 5.41) is 7.65. The Labute approximate surface area is 128 Å². The zero-order valence-corrected chi connectivity index (χ0v) is 12.6. The second-order valence-corrected chi connectivity index (χ2v) is 5.06. The van der Waals surface area contributed by atoms with Gasteiger partial charge in [-0.05, 0) is 41.8 Å². The number of fused-ring (bicyclic) bond motifs is 1. The van der Waals surface area contributed by atoms with Gasteiger partial charge in [0.05, 0.1) is 14.2 Å². The van der Waals surface area contributed by atoms with Gasteiger partial charge in [0.25, 0.3) is 5.91 Å². The summed E-state index contributed by atoms with van der Waals surface area (Å²) in [6.45, 7) is 1.18. The normalized spacial score (nSPS) is 13.5. The molecule has 1 amide bonds. The molecule has 0 saturated carbocycles. The van der Waals surface area contributed by atoms with Gasteiger partial charge in [0, 0.05) is 19.3 Å². The number of ether oxygens (including phenoxy) is 2. The minimum atomic E-state index is -0.103. The first-order chi connectivity index (χ1) is 10.7. The smallest absolute Gasteiger partial charge is 0.274 e. The van der Waals surface area contributed by atoms with E-state index < -0.39 is 0 Å². The molecule has 2 aromatic rings. The summed E-state index contributed by atoms with van der Waals surface area (Å²) in [6, 6.07) is 7.31. The zero-order valence-electron chi connectivity index (χ0n) is 12.6. The molecule has 0 aliphatic carbocycles. The van der Waals surface area contributed by atoms with Gasteiger partial charge in [-0.2, -0.15) is 5.10 Å². The molecule has 2 heterocycles. The predicted molar refractivity (Wildman–Crippen MR) is 80.0 cm³/mol. The van der Waals surface area contributed by atoms with Gasteiger partial charge < -0.3 is 14.4 Å². The average molecular weight is 299 g/mol. The number of carbonyl (C=O) groups is 1. The zero-order chi connectivity index (χ0) is 15.5. The number of benzene rings is 1. The van der Waals surface area contributed by atoms with Crippen LogP contribution in [-0.2, 0) is 13.0 Å². The van der Waals surface area contributed by atoms with Crippen molar-refractivity contribution in [3.05, 3.63) is 47.3 Å². The first-order valence-corrected chi connectivity index (χ1v) is 7.03. The van der Waals surface area contributed by atoms with E-state index in [-0.39, 0.29) is 5.91 Å². The van der Waals surface area contributed by atoms with Gasteiger partial charge in [-0.15, -0.1) is 5.10 Å². The first-order valence-electron chi connectivity index (χ1n) is 7.03. The van der Waals surface area contributed by atoms with E-state index >= 15 is 0 Å². The molecule has 114 valence electrons. The maximum absolute atomic E-state index is 12.5. The molecule has 1 aliphatic rings. The van der Waals surface area contributed by atoms with Gasteiger partial charge in [0.1, 0.15) is 0 Å². The monoisotopic (exact) mass is 299 g/mol. The Morgan fingerprint density at radius 1 is 1.18 bits per heavy atom. The summed E-state index contributed by atoms with van der Waals surface area (Å²) in [6.07, 6.45) is 2.33. The molecule has 0 spiro atoms. The maximum atomic E-state index is 12.5. The van der Waals surface area contributed by atoms with Crippen molar-refractivity contribution >= 4 is 5.91 Å². The lowest BCUT2D eigenvalue weighted by atomic mass is 9.98. The Balaban J connectivity index is 1.86. The highest BCUT2D eigenvalue weighted by Gasteiger charge is 2.24. The number of hydrogen-bond donors (Lipinski definition) is 0. The van der Waals surface area contributed by atoms with Crippen molar-refractivity contribution in [1.29, 1.82) is 0 Å². The van der Waals surface area contributed by atoms with Crippen molar-refractivity contribution in [2.24, 2.45) is 0 Å². The fourth-order valence-corrected chi connectivity index (χ4v) is 2.63. The van der Waals surface area contributed by atoms with Crippen molar-refractivity contribution in [2.75, 3.05) is 20.8 Å². The van der Waals surface area contributed by atoms with E-state index in [1.54, 1.807) is 37.4 Å². The van der Waals surface area contributed by atoms with Crippen LogP contribution >= 0.6 is 0 Å². The van der Waals surface area contributed by atoms with Crippen LogP contribution in [0, 0.1) is 0 Å². The minimum absolute atomic E-state index is 0.103. The van der Waals surface area contributed by atoms with E-state index in [1.165, 1.54) is 5.56 Å². The van der Waals surface area contributed by atoms with Gasteiger partial charge in [0.15, 0.2) is 17.2 Å². The Morgan fingerprint density at radius 2 is 1.91 bits per heavy atom. The van der Waals surface area contributed by atoms with Crippen LogP contribution in [0.25, 0.3) is 0 Å². The molecule has 0 N–H and O–H groups in total. The van der Waals surface area contributed by atoms with Crippen molar-refractivity contribution in [1.82, 2.24) is 15.1 Å². The standard InChI is InChI=1S/C16H17N3O3/c1-21-14-8-11-5-7-19(10-12(11)9-15(14)22-2)16(20)13-4-3-6-17-18-13/h3-4,6,8-9H,5,7,10H2,1-2H3. The molecule has 3 rings (SSSR count). The molecule has 22 heavy (non-hydrogen) atoms. The SMILES string of the molecule is COc1cc2c(cc1OC)CN(C(=O)c1cccnn1)CC2. The summed E-state index contributed by atoms with van der Waals surface area (Å²) < 4.78 is 10.7. The van der Waals surface area contributed by atoms with Crippen molar-refractivity contribution < 1.29 is 14.3 Å². The van der Waals surface area contributed by atoms with Crippen molar-refractivity contribution in [2.45, 2.75) is 13.0 Å². The molecule has 0 fully saturated rings. The molecule has 0 saturated heterocycles. The van der Waals surface area contributed by atoms with Crippen LogP contribution in [0.4, 0.5) is 0 Å². The van der Waals surface area contributed by atoms with Crippen LogP contribution < -0.4 is 9.47 Å². The summed E-state index contributed by atoms with van der Waals surface area (Å²) in [4.78, 5) is 14.2. The first kappa shape index (κ1) is 14.3. The highest BCUT2D eigenvalue weighted by atomic mass is 16.5. The van der Waals surface area contributed by atoms with Crippen LogP contribution in [0.1, 0.15) is 21.6 Å². The fraction of sp³-hybridized carbons (Fsp3) is 0.312. The lowest BCUT2D eigenvalue weighted by Gasteiger charge is -2.29. The molecule has 1 aliphatic heterocycles. The highest BCUT2D eigenvalue weighted by molar-refractivity contribution is 5.92. The van der Waals surface area contributed by atoms with Crippen LogP contribution in [-0.4, -0.2) is 41.8 Å². The molecule has 6 heteroatoms. The minimum Gasteiger partial charge on any atom is -0.493 e. The molecular formula is C16H17N3O3. The van der Waals surface area contributed by atoms with Crippen molar-refractivity contribution in [3.63, 3.8) is 0 Å². The number of methoxy groups -OCH3 is 2. The summed E-state index contributed by atoms with van der Waals surface area (Å²) in [5.74, 6) is 1.29. The quantitative estimate of drug-likeness (QED) is 0.863. The molecule has 1 aromatic heterocycles. The second kappa shape index (κ2) is 6.01. The predicted octanol–water partition coefficient (Wildman–Crippen LogP) is 1.69. The lowest BCUT2D eigenvalue weighted by Crippen LogP contribution is -2.36. The van der Waals surface area contributed by atoms with E-state index in [2.05, 4.69) is 10.2 Å². The number of hydrogen-bond acceptors (Lipinski definition) is 5. The Kier molecular flexibility index (Phi) is 3.91. The highest BCUT2D eigenvalue weighted by Crippen LogP contribution is 2.33. The topological polar surface area (TPSA) is 64.6 Å². The van der Waals surface area contributed by atoms with Gasteiger partial charge in [-0.25, -0.2) is 0 Å². The Hall–Kier alpha value is -2.63.